The van der Waals surface area contributed by atoms with Gasteiger partial charge in [0.1, 0.15) is 0 Å². The molecule has 0 saturated heterocycles. The number of hydrogen-bond donors (Lipinski definition) is 0. The highest BCUT2D eigenvalue weighted by Gasteiger charge is 2.76. The van der Waals surface area contributed by atoms with Gasteiger partial charge in [0.2, 0.25) is 0 Å². The molecule has 0 rings (SSSR count). The van der Waals surface area contributed by atoms with E-state index in [2.05, 4.69) is 0 Å². The van der Waals surface area contributed by atoms with E-state index < -0.39 is 36.2 Å². The first-order valence-corrected chi connectivity index (χ1v) is 3.68. The van der Waals surface area contributed by atoms with Gasteiger partial charge in [-0.05, 0) is 0 Å². The molecule has 0 amide bonds. The molecule has 13 heteroatoms. The van der Waals surface area contributed by atoms with Crippen molar-refractivity contribution in [2.75, 3.05) is 0 Å². The lowest BCUT2D eigenvalue weighted by Crippen LogP contribution is -2.55. The maximum atomic E-state index is 12.5. The van der Waals surface area contributed by atoms with Crippen molar-refractivity contribution < 1.29 is 57.4 Å². The van der Waals surface area contributed by atoms with Gasteiger partial charge in [-0.25, -0.2) is 0 Å². The van der Waals surface area contributed by atoms with E-state index in [4.69, 9.17) is 0 Å². The van der Waals surface area contributed by atoms with Gasteiger partial charge in [0, 0.05) is 0 Å². The molecule has 0 aliphatic rings. The van der Waals surface area contributed by atoms with Gasteiger partial charge in [-0.2, -0.15) is 52.7 Å². The maximum absolute atomic E-state index is 12.5. The third-order valence-corrected chi connectivity index (χ3v) is 1.38. The van der Waals surface area contributed by atoms with E-state index in [0.717, 1.165) is 0 Å². The predicted octanol–water partition coefficient (Wildman–Crippen LogP) is 4.46. The molecule has 0 aliphatic carbocycles. The second-order valence-electron chi connectivity index (χ2n) is 2.78. The summed E-state index contributed by atoms with van der Waals surface area (Å²) in [6.07, 6.45) is -20.3. The third-order valence-electron chi connectivity index (χ3n) is 1.38. The SMILES string of the molecule is FC(OC(F)(C(F)(F)F)C(F)(F)F)=C(F)C(F)(F)F. The summed E-state index contributed by atoms with van der Waals surface area (Å²) >= 11 is 0. The van der Waals surface area contributed by atoms with E-state index in [1.165, 1.54) is 0 Å². The fraction of sp³-hybridized carbons (Fsp3) is 0.667. The normalized spacial score (nSPS) is 16.2. The van der Waals surface area contributed by atoms with Gasteiger partial charge in [-0.3, -0.25) is 0 Å². The molecule has 0 saturated carbocycles. The zero-order valence-electron chi connectivity index (χ0n) is 7.94. The fourth-order valence-electron chi connectivity index (χ4n) is 0.556. The largest absolute Gasteiger partial charge is 0.470 e. The van der Waals surface area contributed by atoms with Gasteiger partial charge in [0.05, 0.1) is 0 Å². The summed E-state index contributed by atoms with van der Waals surface area (Å²) in [5.41, 5.74) is 0. The van der Waals surface area contributed by atoms with Crippen LogP contribution in [0.5, 0.6) is 0 Å². The van der Waals surface area contributed by atoms with Crippen molar-refractivity contribution in [2.24, 2.45) is 0 Å². The van der Waals surface area contributed by atoms with E-state index in [1.54, 1.807) is 0 Å². The van der Waals surface area contributed by atoms with Crippen molar-refractivity contribution in [3.63, 3.8) is 0 Å². The number of rotatable bonds is 2. The Kier molecular flexibility index (Phi) is 4.35. The molecule has 0 aromatic rings. The molecule has 0 aromatic carbocycles. The lowest BCUT2D eigenvalue weighted by molar-refractivity contribution is -0.425. The molecule has 0 atom stereocenters. The van der Waals surface area contributed by atoms with Crippen LogP contribution in [0.3, 0.4) is 0 Å². The predicted molar refractivity (Wildman–Crippen MR) is 32.3 cm³/mol. The summed E-state index contributed by atoms with van der Waals surface area (Å²) in [6.45, 7) is 0. The first-order valence-electron chi connectivity index (χ1n) is 3.68. The average Bonchev–Trinajstić information content (AvgIpc) is 2.11. The van der Waals surface area contributed by atoms with Crippen LogP contribution in [0.1, 0.15) is 0 Å². The highest BCUT2D eigenvalue weighted by atomic mass is 19.4. The van der Waals surface area contributed by atoms with Crippen LogP contribution in [0.4, 0.5) is 52.7 Å². The molecular weight excluding hydrogens is 316 g/mol. The Morgan fingerprint density at radius 2 is 0.947 bits per heavy atom. The maximum Gasteiger partial charge on any atom is 0.470 e. The smallest absolute Gasteiger partial charge is 0.416 e. The Hall–Kier alpha value is -1.30. The number of alkyl halides is 10. The summed E-state index contributed by atoms with van der Waals surface area (Å²) in [5.74, 6) is -10.9. The summed E-state index contributed by atoms with van der Waals surface area (Å²) in [7, 11) is 0. The number of halogens is 12. The minimum Gasteiger partial charge on any atom is -0.416 e. The molecule has 0 N–H and O–H groups in total. The van der Waals surface area contributed by atoms with Gasteiger partial charge < -0.3 is 4.74 Å². The van der Waals surface area contributed by atoms with Crippen molar-refractivity contribution in [3.8, 4) is 0 Å². The molecule has 0 fully saturated rings. The Morgan fingerprint density at radius 3 is 1.16 bits per heavy atom. The minimum atomic E-state index is -6.99. The topological polar surface area (TPSA) is 9.23 Å². The van der Waals surface area contributed by atoms with Crippen LogP contribution in [-0.4, -0.2) is 24.4 Å². The average molecular weight is 316 g/mol. The second-order valence-corrected chi connectivity index (χ2v) is 2.78. The van der Waals surface area contributed by atoms with Crippen molar-refractivity contribution in [3.05, 3.63) is 11.8 Å². The molecule has 1 nitrogen and oxygen atoms in total. The molecule has 0 aliphatic heterocycles. The first kappa shape index (κ1) is 17.7. The number of hydrogen-bond acceptors (Lipinski definition) is 1. The molecule has 0 unspecified atom stereocenters. The van der Waals surface area contributed by atoms with Crippen LogP contribution in [0.2, 0.25) is 0 Å². The van der Waals surface area contributed by atoms with E-state index in [9.17, 15) is 52.7 Å². The fourth-order valence-corrected chi connectivity index (χ4v) is 0.556. The standard InChI is InChI=1S/C6F12O/c7-1(3(9,10)11)2(8)19-4(12,5(13,14)15)6(16,17)18. The lowest BCUT2D eigenvalue weighted by atomic mass is 10.3. The van der Waals surface area contributed by atoms with Crippen molar-refractivity contribution in [1.82, 2.24) is 0 Å². The Balaban J connectivity index is 5.66. The van der Waals surface area contributed by atoms with Crippen LogP contribution in [0, 0.1) is 0 Å². The Bertz CT molecular complexity index is 342. The van der Waals surface area contributed by atoms with E-state index in [1.807, 2.05) is 4.74 Å². The van der Waals surface area contributed by atoms with Crippen molar-refractivity contribution in [1.29, 1.82) is 0 Å². The van der Waals surface area contributed by atoms with Gasteiger partial charge >= 0.3 is 30.4 Å². The molecule has 114 valence electrons. The van der Waals surface area contributed by atoms with Crippen molar-refractivity contribution in [2.45, 2.75) is 24.4 Å². The molecule has 0 spiro atoms. The Morgan fingerprint density at radius 1 is 0.632 bits per heavy atom. The molecule has 0 aromatic heterocycles. The second kappa shape index (κ2) is 4.67. The van der Waals surface area contributed by atoms with E-state index in [0.29, 0.717) is 0 Å². The quantitative estimate of drug-likeness (QED) is 0.540. The van der Waals surface area contributed by atoms with Gasteiger partial charge in [0.25, 0.3) is 5.83 Å². The molecule has 19 heavy (non-hydrogen) atoms. The van der Waals surface area contributed by atoms with E-state index in [-0.39, 0.29) is 0 Å². The third kappa shape index (κ3) is 3.59. The zero-order valence-corrected chi connectivity index (χ0v) is 7.94. The van der Waals surface area contributed by atoms with Crippen LogP contribution in [-0.2, 0) is 4.74 Å². The minimum absolute atomic E-state index is 1.86. The highest BCUT2D eigenvalue weighted by molar-refractivity contribution is 5.02. The monoisotopic (exact) mass is 316 g/mol. The van der Waals surface area contributed by atoms with Gasteiger partial charge in [-0.1, -0.05) is 0 Å². The molecular formula is C6F12O. The molecule has 0 bridgehead atoms. The first-order chi connectivity index (χ1) is 8.04. The van der Waals surface area contributed by atoms with Crippen LogP contribution < -0.4 is 0 Å². The van der Waals surface area contributed by atoms with Crippen molar-refractivity contribution >= 4 is 0 Å². The molecule has 0 radical (unpaired) electrons. The van der Waals surface area contributed by atoms with Crippen LogP contribution in [0.15, 0.2) is 11.8 Å². The highest BCUT2D eigenvalue weighted by Crippen LogP contribution is 2.49. The summed E-state index contributed by atoms with van der Waals surface area (Å²) in [5, 5.41) is 0. The van der Waals surface area contributed by atoms with Gasteiger partial charge in [-0.15, -0.1) is 0 Å². The van der Waals surface area contributed by atoms with Gasteiger partial charge in [0.15, 0.2) is 0 Å². The summed E-state index contributed by atoms with van der Waals surface area (Å²) < 4.78 is 143. The number of ether oxygens (including phenoxy) is 1. The summed E-state index contributed by atoms with van der Waals surface area (Å²) in [4.78, 5) is 0. The van der Waals surface area contributed by atoms with Crippen LogP contribution in [0.25, 0.3) is 0 Å². The zero-order chi connectivity index (χ0) is 15.9. The summed E-state index contributed by atoms with van der Waals surface area (Å²) in [6, 6.07) is -4.04. The number of allylic oxidation sites excluding steroid dienone is 1. The lowest BCUT2D eigenvalue weighted by Gasteiger charge is -2.29. The molecule has 0 heterocycles. The van der Waals surface area contributed by atoms with Crippen LogP contribution >= 0.6 is 0 Å². The van der Waals surface area contributed by atoms with E-state index >= 15 is 0 Å². The Labute approximate surface area is 95.0 Å².